The van der Waals surface area contributed by atoms with Gasteiger partial charge in [-0.25, -0.2) is 0 Å². The Kier molecular flexibility index (Phi) is 3.05. The minimum Gasteiger partial charge on any atom is -0.368 e. The second-order valence-corrected chi connectivity index (χ2v) is 3.66. The Labute approximate surface area is 84.2 Å². The quantitative estimate of drug-likeness (QED) is 0.757. The van der Waals surface area contributed by atoms with Gasteiger partial charge in [-0.3, -0.25) is 9.48 Å². The van der Waals surface area contributed by atoms with Crippen molar-refractivity contribution < 1.29 is 4.79 Å². The van der Waals surface area contributed by atoms with Gasteiger partial charge in [0.2, 0.25) is 5.91 Å². The number of aromatic nitrogens is 2. The van der Waals surface area contributed by atoms with Crippen LogP contribution >= 0.6 is 15.9 Å². The maximum Gasteiger partial charge on any atom is 0.234 e. The standard InChI is InChI=1S/C7H11BrN4O/c1-12-3-4(8)6(11-12)2-5(9)7(10)13/h3,5H,2,9H2,1H3,(H2,10,13). The third-order valence-electron chi connectivity index (χ3n) is 1.63. The van der Waals surface area contributed by atoms with E-state index in [9.17, 15) is 4.79 Å². The molecule has 0 spiro atoms. The molecular weight excluding hydrogens is 236 g/mol. The molecular formula is C7H11BrN4O. The number of hydrogen-bond acceptors (Lipinski definition) is 3. The number of nitrogens with zero attached hydrogens (tertiary/aromatic N) is 2. The van der Waals surface area contributed by atoms with E-state index in [0.29, 0.717) is 6.42 Å². The van der Waals surface area contributed by atoms with Crippen molar-refractivity contribution in [3.05, 3.63) is 16.4 Å². The molecule has 1 amide bonds. The first-order valence-electron chi connectivity index (χ1n) is 3.73. The van der Waals surface area contributed by atoms with Gasteiger partial charge in [-0.2, -0.15) is 5.10 Å². The highest BCUT2D eigenvalue weighted by atomic mass is 79.9. The highest BCUT2D eigenvalue weighted by molar-refractivity contribution is 9.10. The van der Waals surface area contributed by atoms with Crippen molar-refractivity contribution in [3.8, 4) is 0 Å². The van der Waals surface area contributed by atoms with E-state index in [1.165, 1.54) is 0 Å². The molecule has 0 aliphatic rings. The van der Waals surface area contributed by atoms with E-state index in [4.69, 9.17) is 11.5 Å². The second-order valence-electron chi connectivity index (χ2n) is 2.81. The van der Waals surface area contributed by atoms with Crippen molar-refractivity contribution in [1.29, 1.82) is 0 Å². The lowest BCUT2D eigenvalue weighted by atomic mass is 10.1. The Morgan fingerprint density at radius 1 is 1.85 bits per heavy atom. The molecule has 0 radical (unpaired) electrons. The molecule has 4 N–H and O–H groups in total. The molecule has 13 heavy (non-hydrogen) atoms. The molecule has 1 atom stereocenters. The average molecular weight is 247 g/mol. The largest absolute Gasteiger partial charge is 0.368 e. The van der Waals surface area contributed by atoms with E-state index < -0.39 is 11.9 Å². The van der Waals surface area contributed by atoms with Crippen LogP contribution < -0.4 is 11.5 Å². The van der Waals surface area contributed by atoms with Crippen LogP contribution in [0.15, 0.2) is 10.7 Å². The van der Waals surface area contributed by atoms with Gasteiger partial charge in [0.05, 0.1) is 16.2 Å². The number of halogens is 1. The van der Waals surface area contributed by atoms with E-state index in [1.807, 2.05) is 0 Å². The fraction of sp³-hybridized carbons (Fsp3) is 0.429. The topological polar surface area (TPSA) is 86.9 Å². The van der Waals surface area contributed by atoms with Crippen LogP contribution in [0.1, 0.15) is 5.69 Å². The van der Waals surface area contributed by atoms with Gasteiger partial charge in [0.15, 0.2) is 0 Å². The first kappa shape index (κ1) is 10.2. The van der Waals surface area contributed by atoms with E-state index in [0.717, 1.165) is 10.2 Å². The number of rotatable bonds is 3. The Morgan fingerprint density at radius 3 is 2.85 bits per heavy atom. The summed E-state index contributed by atoms with van der Waals surface area (Å²) in [5.41, 5.74) is 11.3. The summed E-state index contributed by atoms with van der Waals surface area (Å²) < 4.78 is 2.49. The normalized spacial score (nSPS) is 12.8. The van der Waals surface area contributed by atoms with Crippen LogP contribution in [0.5, 0.6) is 0 Å². The fourth-order valence-electron chi connectivity index (χ4n) is 0.953. The summed E-state index contributed by atoms with van der Waals surface area (Å²) in [6, 6.07) is -0.675. The third-order valence-corrected chi connectivity index (χ3v) is 2.30. The number of carbonyl (C=O) groups excluding carboxylic acids is 1. The number of aryl methyl sites for hydroxylation is 1. The molecule has 0 saturated heterocycles. The van der Waals surface area contributed by atoms with Crippen LogP contribution in [0.3, 0.4) is 0 Å². The Bertz CT molecular complexity index is 322. The molecule has 0 aromatic carbocycles. The average Bonchev–Trinajstić information content (AvgIpc) is 2.30. The molecule has 0 bridgehead atoms. The van der Waals surface area contributed by atoms with Crippen LogP contribution in [0, 0.1) is 0 Å². The zero-order chi connectivity index (χ0) is 10.0. The number of amides is 1. The van der Waals surface area contributed by atoms with Gasteiger partial charge in [0.25, 0.3) is 0 Å². The summed E-state index contributed by atoms with van der Waals surface area (Å²) in [5, 5.41) is 4.11. The van der Waals surface area contributed by atoms with Gasteiger partial charge in [0, 0.05) is 19.7 Å². The first-order chi connectivity index (χ1) is 6.00. The van der Waals surface area contributed by atoms with Gasteiger partial charge in [-0.05, 0) is 15.9 Å². The number of nitrogens with two attached hydrogens (primary N) is 2. The van der Waals surface area contributed by atoms with Gasteiger partial charge in [-0.15, -0.1) is 0 Å². The van der Waals surface area contributed by atoms with Gasteiger partial charge in [-0.1, -0.05) is 0 Å². The third kappa shape index (κ3) is 2.53. The van der Waals surface area contributed by atoms with E-state index in [-0.39, 0.29) is 0 Å². The maximum atomic E-state index is 10.7. The summed E-state index contributed by atoms with van der Waals surface area (Å²) in [6.07, 6.45) is 2.15. The molecule has 5 nitrogen and oxygen atoms in total. The molecule has 0 aliphatic carbocycles. The molecule has 0 saturated carbocycles. The lowest BCUT2D eigenvalue weighted by Gasteiger charge is -2.04. The van der Waals surface area contributed by atoms with Crippen LogP contribution in [0.2, 0.25) is 0 Å². The van der Waals surface area contributed by atoms with E-state index in [2.05, 4.69) is 21.0 Å². The van der Waals surface area contributed by atoms with Gasteiger partial charge >= 0.3 is 0 Å². The lowest BCUT2D eigenvalue weighted by molar-refractivity contribution is -0.119. The predicted molar refractivity (Wildman–Crippen MR) is 51.8 cm³/mol. The number of hydrogen-bond donors (Lipinski definition) is 2. The van der Waals surface area contributed by atoms with E-state index in [1.54, 1.807) is 17.9 Å². The number of carbonyl (C=O) groups is 1. The van der Waals surface area contributed by atoms with Crippen molar-refractivity contribution in [2.75, 3.05) is 0 Å². The summed E-state index contributed by atoms with van der Waals surface area (Å²) in [7, 11) is 1.80. The zero-order valence-corrected chi connectivity index (χ0v) is 8.78. The second kappa shape index (κ2) is 3.89. The monoisotopic (exact) mass is 246 g/mol. The molecule has 6 heteroatoms. The molecule has 1 unspecified atom stereocenters. The summed E-state index contributed by atoms with van der Waals surface area (Å²) >= 11 is 3.30. The molecule has 0 aliphatic heterocycles. The highest BCUT2D eigenvalue weighted by Gasteiger charge is 2.14. The van der Waals surface area contributed by atoms with Crippen molar-refractivity contribution in [3.63, 3.8) is 0 Å². The Morgan fingerprint density at radius 2 is 2.46 bits per heavy atom. The van der Waals surface area contributed by atoms with Crippen LogP contribution in [-0.4, -0.2) is 21.7 Å². The molecule has 1 aromatic heterocycles. The van der Waals surface area contributed by atoms with Crippen molar-refractivity contribution in [2.24, 2.45) is 18.5 Å². The maximum absolute atomic E-state index is 10.7. The summed E-state index contributed by atoms with van der Waals surface area (Å²) in [4.78, 5) is 10.7. The van der Waals surface area contributed by atoms with Crippen molar-refractivity contribution >= 4 is 21.8 Å². The van der Waals surface area contributed by atoms with Gasteiger partial charge < -0.3 is 11.5 Å². The fourth-order valence-corrected chi connectivity index (χ4v) is 1.49. The summed E-state index contributed by atoms with van der Waals surface area (Å²) in [6.45, 7) is 0. The first-order valence-corrected chi connectivity index (χ1v) is 4.53. The van der Waals surface area contributed by atoms with Gasteiger partial charge in [0.1, 0.15) is 0 Å². The Hall–Kier alpha value is -0.880. The van der Waals surface area contributed by atoms with Crippen molar-refractivity contribution in [1.82, 2.24) is 9.78 Å². The molecule has 1 rings (SSSR count). The summed E-state index contributed by atoms with van der Waals surface area (Å²) in [5.74, 6) is -0.516. The molecule has 1 aromatic rings. The molecule has 72 valence electrons. The molecule has 0 fully saturated rings. The minimum absolute atomic E-state index is 0.358. The Balaban J connectivity index is 2.74. The van der Waals surface area contributed by atoms with Crippen molar-refractivity contribution in [2.45, 2.75) is 12.5 Å². The highest BCUT2D eigenvalue weighted by Crippen LogP contribution is 2.15. The van der Waals surface area contributed by atoms with E-state index >= 15 is 0 Å². The van der Waals surface area contributed by atoms with Crippen LogP contribution in [0.4, 0.5) is 0 Å². The smallest absolute Gasteiger partial charge is 0.234 e. The SMILES string of the molecule is Cn1cc(Br)c(CC(N)C(N)=O)n1. The zero-order valence-electron chi connectivity index (χ0n) is 7.20. The van der Waals surface area contributed by atoms with Crippen LogP contribution in [-0.2, 0) is 18.3 Å². The van der Waals surface area contributed by atoms with Crippen LogP contribution in [0.25, 0.3) is 0 Å². The minimum atomic E-state index is -0.675. The lowest BCUT2D eigenvalue weighted by Crippen LogP contribution is -2.38. The molecule has 1 heterocycles. The predicted octanol–water partition coefficient (Wildman–Crippen LogP) is -0.462. The number of primary amides is 1.